The summed E-state index contributed by atoms with van der Waals surface area (Å²) in [6, 6.07) is 11.1. The SMILES string of the molecule is CN1/C(=C\C(=O)COC(=O)C2CC(O)CN2S(=O)(=O)c2ccccc2[N+](=O)[O-])C(C)(C)c2ccccc21. The molecule has 11 nitrogen and oxygen atoms in total. The Kier molecular flexibility index (Phi) is 6.93. The van der Waals surface area contributed by atoms with Crippen molar-refractivity contribution >= 4 is 33.2 Å². The number of aliphatic hydroxyl groups is 1. The number of anilines is 1. The molecule has 0 saturated carbocycles. The van der Waals surface area contributed by atoms with Gasteiger partial charge in [-0.2, -0.15) is 4.31 Å². The molecule has 2 aromatic carbocycles. The van der Waals surface area contributed by atoms with Crippen molar-refractivity contribution in [1.82, 2.24) is 4.31 Å². The van der Waals surface area contributed by atoms with Crippen molar-refractivity contribution in [2.75, 3.05) is 25.1 Å². The Bertz CT molecular complexity index is 1400. The molecule has 0 spiro atoms. The van der Waals surface area contributed by atoms with Crippen LogP contribution >= 0.6 is 0 Å². The van der Waals surface area contributed by atoms with Crippen LogP contribution < -0.4 is 4.90 Å². The fourth-order valence-electron chi connectivity index (χ4n) is 4.91. The van der Waals surface area contributed by atoms with E-state index >= 15 is 0 Å². The van der Waals surface area contributed by atoms with Gasteiger partial charge in [0.05, 0.1) is 11.0 Å². The number of aliphatic hydroxyl groups excluding tert-OH is 1. The van der Waals surface area contributed by atoms with Crippen molar-refractivity contribution in [3.05, 3.63) is 76.0 Å². The lowest BCUT2D eigenvalue weighted by atomic mass is 9.83. The van der Waals surface area contributed by atoms with E-state index in [1.54, 1.807) is 0 Å². The van der Waals surface area contributed by atoms with Crippen LogP contribution in [0.2, 0.25) is 0 Å². The summed E-state index contributed by atoms with van der Waals surface area (Å²) in [5.41, 5.74) is 1.60. The number of carbonyl (C=O) groups excluding carboxylic acids is 2. The molecule has 4 rings (SSSR count). The molecule has 1 N–H and O–H groups in total. The van der Waals surface area contributed by atoms with Crippen LogP contribution in [0.5, 0.6) is 0 Å². The number of esters is 1. The first-order chi connectivity index (χ1) is 17.4. The highest BCUT2D eigenvalue weighted by atomic mass is 32.2. The van der Waals surface area contributed by atoms with Crippen molar-refractivity contribution in [1.29, 1.82) is 0 Å². The number of hydrogen-bond acceptors (Lipinski definition) is 9. The lowest BCUT2D eigenvalue weighted by molar-refractivity contribution is -0.387. The predicted molar refractivity (Wildman–Crippen MR) is 133 cm³/mol. The van der Waals surface area contributed by atoms with E-state index in [-0.39, 0.29) is 6.42 Å². The van der Waals surface area contributed by atoms with Crippen LogP contribution in [0, 0.1) is 10.1 Å². The number of para-hydroxylation sites is 2. The zero-order valence-electron chi connectivity index (χ0n) is 20.5. The molecule has 37 heavy (non-hydrogen) atoms. The summed E-state index contributed by atoms with van der Waals surface area (Å²) < 4.78 is 32.3. The van der Waals surface area contributed by atoms with E-state index in [4.69, 9.17) is 4.74 Å². The van der Waals surface area contributed by atoms with Crippen molar-refractivity contribution in [3.8, 4) is 0 Å². The van der Waals surface area contributed by atoms with Crippen molar-refractivity contribution in [3.63, 3.8) is 0 Å². The molecule has 0 bridgehead atoms. The number of ketones is 1. The Morgan fingerprint density at radius 2 is 1.84 bits per heavy atom. The van der Waals surface area contributed by atoms with Crippen molar-refractivity contribution in [2.24, 2.45) is 0 Å². The van der Waals surface area contributed by atoms with E-state index in [0.717, 1.165) is 23.4 Å². The summed E-state index contributed by atoms with van der Waals surface area (Å²) in [5.74, 6) is -1.52. The van der Waals surface area contributed by atoms with Gasteiger partial charge in [0, 0.05) is 49.0 Å². The Morgan fingerprint density at radius 3 is 2.51 bits per heavy atom. The average molecular weight is 530 g/mol. The van der Waals surface area contributed by atoms with E-state index < -0.39 is 68.0 Å². The summed E-state index contributed by atoms with van der Waals surface area (Å²) in [5, 5.41) is 21.5. The standard InChI is InChI=1S/C25H27N3O8S/c1-25(2)18-8-4-5-9-19(18)26(3)23(25)13-17(30)15-36-24(31)21-12-16(29)14-27(21)37(34,35)22-11-7-6-10-20(22)28(32)33/h4-11,13,16,21,29H,12,14-15H2,1-3H3/b23-13-. The van der Waals surface area contributed by atoms with Crippen LogP contribution in [-0.4, -0.2) is 66.9 Å². The highest BCUT2D eigenvalue weighted by molar-refractivity contribution is 7.89. The number of nitro groups is 1. The third-order valence-corrected chi connectivity index (χ3v) is 8.67. The molecule has 0 aliphatic carbocycles. The molecule has 2 heterocycles. The highest BCUT2D eigenvalue weighted by Crippen LogP contribution is 2.46. The predicted octanol–water partition coefficient (Wildman–Crippen LogP) is 2.14. The maximum Gasteiger partial charge on any atom is 0.325 e. The lowest BCUT2D eigenvalue weighted by Gasteiger charge is -2.24. The third kappa shape index (κ3) is 4.75. The second-order valence-electron chi connectivity index (χ2n) is 9.51. The number of benzene rings is 2. The molecule has 1 fully saturated rings. The van der Waals surface area contributed by atoms with Gasteiger partial charge in [-0.3, -0.25) is 19.7 Å². The number of carbonyl (C=O) groups is 2. The first-order valence-electron chi connectivity index (χ1n) is 11.5. The molecule has 2 unspecified atom stereocenters. The van der Waals surface area contributed by atoms with Gasteiger partial charge < -0.3 is 14.7 Å². The smallest absolute Gasteiger partial charge is 0.325 e. The van der Waals surface area contributed by atoms with Gasteiger partial charge in [-0.1, -0.05) is 44.2 Å². The van der Waals surface area contributed by atoms with Crippen LogP contribution in [0.15, 0.2) is 65.2 Å². The quantitative estimate of drug-likeness (QED) is 0.246. The molecule has 1 saturated heterocycles. The van der Waals surface area contributed by atoms with E-state index in [2.05, 4.69) is 0 Å². The fourth-order valence-corrected chi connectivity index (χ4v) is 6.69. The van der Waals surface area contributed by atoms with Gasteiger partial charge in [0.2, 0.25) is 0 Å². The van der Waals surface area contributed by atoms with Crippen molar-refractivity contribution in [2.45, 2.75) is 42.7 Å². The summed E-state index contributed by atoms with van der Waals surface area (Å²) in [6.45, 7) is 2.88. The number of nitrogens with zero attached hydrogens (tertiary/aromatic N) is 3. The number of sulfonamides is 1. The number of β-amino-alcohol motifs (C(OH)–C–C–N with tert-alkyl or cyclic N) is 1. The minimum Gasteiger partial charge on any atom is -0.456 e. The second kappa shape index (κ2) is 9.69. The minimum atomic E-state index is -4.52. The van der Waals surface area contributed by atoms with Gasteiger partial charge in [0.1, 0.15) is 6.04 Å². The summed E-state index contributed by atoms with van der Waals surface area (Å²) >= 11 is 0. The van der Waals surface area contributed by atoms with Crippen LogP contribution in [-0.2, 0) is 29.8 Å². The lowest BCUT2D eigenvalue weighted by Crippen LogP contribution is -2.42. The van der Waals surface area contributed by atoms with Crippen LogP contribution in [0.4, 0.5) is 11.4 Å². The van der Waals surface area contributed by atoms with Crippen molar-refractivity contribution < 1.29 is 32.8 Å². The number of likely N-dealkylation sites (N-methyl/N-ethyl adjacent to an activating group) is 1. The molecule has 2 aromatic rings. The van der Waals surface area contributed by atoms with Gasteiger partial charge >= 0.3 is 5.97 Å². The molecule has 2 aliphatic rings. The maximum absolute atomic E-state index is 13.2. The van der Waals surface area contributed by atoms with Crippen LogP contribution in [0.3, 0.4) is 0 Å². The normalized spacial score (nSPS) is 22.2. The molecule has 0 aromatic heterocycles. The number of rotatable bonds is 7. The maximum atomic E-state index is 13.2. The minimum absolute atomic E-state index is 0.265. The first-order valence-corrected chi connectivity index (χ1v) is 13.0. The van der Waals surface area contributed by atoms with Gasteiger partial charge in [0.25, 0.3) is 15.7 Å². The van der Waals surface area contributed by atoms with E-state index in [1.807, 2.05) is 50.1 Å². The summed E-state index contributed by atoms with van der Waals surface area (Å²) in [4.78, 5) is 37.4. The fraction of sp³-hybridized carbons (Fsp3) is 0.360. The molecule has 2 atom stereocenters. The number of allylic oxidation sites excluding steroid dienone is 1. The van der Waals surface area contributed by atoms with Crippen LogP contribution in [0.1, 0.15) is 25.8 Å². The molecule has 0 amide bonds. The summed E-state index contributed by atoms with van der Waals surface area (Å²) in [7, 11) is -2.69. The molecule has 196 valence electrons. The zero-order valence-corrected chi connectivity index (χ0v) is 21.3. The number of ether oxygens (including phenoxy) is 1. The van der Waals surface area contributed by atoms with E-state index in [1.165, 1.54) is 18.2 Å². The Hall–Kier alpha value is -3.61. The second-order valence-corrected chi connectivity index (χ2v) is 11.4. The average Bonchev–Trinajstić information content (AvgIpc) is 3.35. The summed E-state index contributed by atoms with van der Waals surface area (Å²) in [6.07, 6.45) is -0.0446. The molecular weight excluding hydrogens is 502 g/mol. The molecule has 0 radical (unpaired) electrons. The van der Waals surface area contributed by atoms with Gasteiger partial charge in [-0.15, -0.1) is 0 Å². The van der Waals surface area contributed by atoms with Crippen LogP contribution in [0.25, 0.3) is 0 Å². The Balaban J connectivity index is 1.50. The van der Waals surface area contributed by atoms with Gasteiger partial charge in [0.15, 0.2) is 17.3 Å². The van der Waals surface area contributed by atoms with Gasteiger partial charge in [-0.25, -0.2) is 8.42 Å². The Morgan fingerprint density at radius 1 is 1.19 bits per heavy atom. The molecule has 2 aliphatic heterocycles. The van der Waals surface area contributed by atoms with Gasteiger partial charge in [-0.05, 0) is 17.7 Å². The number of hydrogen-bond donors (Lipinski definition) is 1. The number of nitro benzene ring substituents is 1. The highest BCUT2D eigenvalue weighted by Gasteiger charge is 2.46. The van der Waals surface area contributed by atoms with E-state index in [9.17, 15) is 33.2 Å². The molecular formula is C25H27N3O8S. The monoisotopic (exact) mass is 529 g/mol. The topological polar surface area (TPSA) is 147 Å². The largest absolute Gasteiger partial charge is 0.456 e. The first kappa shape index (κ1) is 26.5. The molecule has 12 heteroatoms. The number of fused-ring (bicyclic) bond motifs is 1. The third-order valence-electron chi connectivity index (χ3n) is 6.75. The Labute approximate surface area is 214 Å². The zero-order chi connectivity index (χ0) is 27.1. The van der Waals surface area contributed by atoms with E-state index in [0.29, 0.717) is 10.0 Å².